The number of carboxylic acid groups (broad SMARTS) is 1. The van der Waals surface area contributed by atoms with Crippen molar-refractivity contribution in [1.29, 1.82) is 0 Å². The molecular formula is C12H9BrN2O2S. The minimum atomic E-state index is -1.06. The van der Waals surface area contributed by atoms with E-state index in [-0.39, 0.29) is 5.69 Å². The van der Waals surface area contributed by atoms with Crippen molar-refractivity contribution < 1.29 is 9.90 Å². The summed E-state index contributed by atoms with van der Waals surface area (Å²) >= 11 is 4.52. The van der Waals surface area contributed by atoms with Gasteiger partial charge in [0.05, 0.1) is 4.47 Å². The number of halogens is 1. The molecule has 2 rings (SSSR count). The third-order valence-electron chi connectivity index (χ3n) is 2.14. The molecule has 0 amide bonds. The Balaban J connectivity index is 2.11. The van der Waals surface area contributed by atoms with Crippen molar-refractivity contribution in [3.05, 3.63) is 52.3 Å². The van der Waals surface area contributed by atoms with Crippen LogP contribution in [0.25, 0.3) is 0 Å². The van der Waals surface area contributed by atoms with Gasteiger partial charge in [-0.05, 0) is 21.5 Å². The van der Waals surface area contributed by atoms with Crippen molar-refractivity contribution in [2.75, 3.05) is 0 Å². The molecular weight excluding hydrogens is 316 g/mol. The molecule has 18 heavy (non-hydrogen) atoms. The fraction of sp³-hybridized carbons (Fsp3) is 0.0833. The van der Waals surface area contributed by atoms with Crippen LogP contribution < -0.4 is 0 Å². The van der Waals surface area contributed by atoms with E-state index in [0.29, 0.717) is 15.4 Å². The first kappa shape index (κ1) is 13.0. The number of rotatable bonds is 4. The highest BCUT2D eigenvalue weighted by Crippen LogP contribution is 2.21. The zero-order chi connectivity index (χ0) is 13.0. The molecule has 1 heterocycles. The summed E-state index contributed by atoms with van der Waals surface area (Å²) in [5.41, 5.74) is 1.13. The second-order valence-electron chi connectivity index (χ2n) is 3.43. The van der Waals surface area contributed by atoms with Gasteiger partial charge in [-0.3, -0.25) is 0 Å². The number of hydrogen-bond acceptors (Lipinski definition) is 4. The van der Waals surface area contributed by atoms with Crippen LogP contribution >= 0.6 is 27.7 Å². The summed E-state index contributed by atoms with van der Waals surface area (Å²) < 4.78 is 0.388. The van der Waals surface area contributed by atoms with Gasteiger partial charge in [0.15, 0.2) is 10.9 Å². The van der Waals surface area contributed by atoms with E-state index in [1.165, 1.54) is 18.0 Å². The van der Waals surface area contributed by atoms with Gasteiger partial charge in [-0.1, -0.05) is 42.1 Å². The van der Waals surface area contributed by atoms with Crippen LogP contribution in [0.15, 0.2) is 46.2 Å². The minimum absolute atomic E-state index is 0.0134. The van der Waals surface area contributed by atoms with Crippen LogP contribution in [-0.4, -0.2) is 21.0 Å². The van der Waals surface area contributed by atoms with E-state index in [1.807, 2.05) is 30.3 Å². The molecule has 0 fully saturated rings. The van der Waals surface area contributed by atoms with Crippen LogP contribution in [0.4, 0.5) is 0 Å². The molecule has 0 spiro atoms. The van der Waals surface area contributed by atoms with Gasteiger partial charge < -0.3 is 5.11 Å². The van der Waals surface area contributed by atoms with Crippen LogP contribution in [-0.2, 0) is 5.75 Å². The lowest BCUT2D eigenvalue weighted by molar-refractivity contribution is 0.0688. The van der Waals surface area contributed by atoms with Gasteiger partial charge in [0, 0.05) is 11.9 Å². The Morgan fingerprint density at radius 1 is 1.33 bits per heavy atom. The molecule has 1 aromatic heterocycles. The molecule has 0 aliphatic carbocycles. The predicted molar refractivity (Wildman–Crippen MR) is 72.7 cm³/mol. The third-order valence-corrected chi connectivity index (χ3v) is 3.65. The first-order valence-electron chi connectivity index (χ1n) is 5.09. The average Bonchev–Trinajstić information content (AvgIpc) is 2.38. The monoisotopic (exact) mass is 324 g/mol. The van der Waals surface area contributed by atoms with Crippen molar-refractivity contribution in [2.24, 2.45) is 0 Å². The smallest absolute Gasteiger partial charge is 0.355 e. The number of thioether (sulfide) groups is 1. The molecule has 2 aromatic rings. The summed E-state index contributed by atoms with van der Waals surface area (Å²) in [6.07, 6.45) is 1.46. The van der Waals surface area contributed by atoms with E-state index in [2.05, 4.69) is 25.9 Å². The van der Waals surface area contributed by atoms with Gasteiger partial charge in [-0.2, -0.15) is 0 Å². The molecule has 0 radical (unpaired) electrons. The van der Waals surface area contributed by atoms with Crippen LogP contribution in [0.5, 0.6) is 0 Å². The highest BCUT2D eigenvalue weighted by atomic mass is 79.9. The summed E-state index contributed by atoms with van der Waals surface area (Å²) in [4.78, 5) is 19.0. The SMILES string of the molecule is O=C(O)c1nc(SCc2ccccc2)ncc1Br. The lowest BCUT2D eigenvalue weighted by Crippen LogP contribution is -2.03. The van der Waals surface area contributed by atoms with E-state index in [0.717, 1.165) is 5.56 Å². The Kier molecular flexibility index (Phi) is 4.33. The molecule has 0 unspecified atom stereocenters. The van der Waals surface area contributed by atoms with Crippen LogP contribution in [0.1, 0.15) is 16.1 Å². The number of benzene rings is 1. The number of aromatic carboxylic acids is 1. The number of hydrogen-bond donors (Lipinski definition) is 1. The minimum Gasteiger partial charge on any atom is -0.476 e. The van der Waals surface area contributed by atoms with Gasteiger partial charge in [-0.15, -0.1) is 0 Å². The first-order valence-corrected chi connectivity index (χ1v) is 6.87. The second kappa shape index (κ2) is 5.97. The Labute approximate surface area is 117 Å². The quantitative estimate of drug-likeness (QED) is 0.691. The van der Waals surface area contributed by atoms with Gasteiger partial charge in [0.25, 0.3) is 0 Å². The van der Waals surface area contributed by atoms with Crippen LogP contribution in [0.2, 0.25) is 0 Å². The van der Waals surface area contributed by atoms with E-state index in [9.17, 15) is 4.79 Å². The number of carbonyl (C=O) groups is 1. The second-order valence-corrected chi connectivity index (χ2v) is 5.23. The van der Waals surface area contributed by atoms with Crippen LogP contribution in [0.3, 0.4) is 0 Å². The largest absolute Gasteiger partial charge is 0.476 e. The third kappa shape index (κ3) is 3.30. The maximum absolute atomic E-state index is 10.9. The fourth-order valence-corrected chi connectivity index (χ4v) is 2.42. The van der Waals surface area contributed by atoms with Crippen molar-refractivity contribution in [2.45, 2.75) is 10.9 Å². The zero-order valence-electron chi connectivity index (χ0n) is 9.21. The summed E-state index contributed by atoms with van der Waals surface area (Å²) in [6, 6.07) is 9.88. The van der Waals surface area contributed by atoms with Crippen molar-refractivity contribution in [3.63, 3.8) is 0 Å². The molecule has 6 heteroatoms. The van der Waals surface area contributed by atoms with E-state index >= 15 is 0 Å². The topological polar surface area (TPSA) is 63.1 Å². The molecule has 0 atom stereocenters. The molecule has 1 N–H and O–H groups in total. The molecule has 0 aliphatic heterocycles. The highest BCUT2D eigenvalue weighted by Gasteiger charge is 2.12. The van der Waals surface area contributed by atoms with Gasteiger partial charge in [0.1, 0.15) is 0 Å². The lowest BCUT2D eigenvalue weighted by Gasteiger charge is -2.02. The molecule has 92 valence electrons. The lowest BCUT2D eigenvalue weighted by atomic mass is 10.2. The molecule has 0 saturated carbocycles. The molecule has 0 aliphatic rings. The van der Waals surface area contributed by atoms with Gasteiger partial charge >= 0.3 is 5.97 Å². The molecule has 1 aromatic carbocycles. The average molecular weight is 325 g/mol. The van der Waals surface area contributed by atoms with Crippen molar-refractivity contribution in [3.8, 4) is 0 Å². The van der Waals surface area contributed by atoms with Crippen molar-refractivity contribution in [1.82, 2.24) is 9.97 Å². The molecule has 0 saturated heterocycles. The summed E-state index contributed by atoms with van der Waals surface area (Å²) in [7, 11) is 0. The number of nitrogens with zero attached hydrogens (tertiary/aromatic N) is 2. The molecule has 4 nitrogen and oxygen atoms in total. The Hall–Kier alpha value is -1.40. The summed E-state index contributed by atoms with van der Waals surface area (Å²) in [5, 5.41) is 9.40. The normalized spacial score (nSPS) is 10.3. The van der Waals surface area contributed by atoms with Crippen molar-refractivity contribution >= 4 is 33.7 Å². The maximum Gasteiger partial charge on any atom is 0.355 e. The standard InChI is InChI=1S/C12H9BrN2O2S/c13-9-6-14-12(15-10(9)11(16)17)18-7-8-4-2-1-3-5-8/h1-6H,7H2,(H,16,17). The van der Waals surface area contributed by atoms with Crippen LogP contribution in [0, 0.1) is 0 Å². The fourth-order valence-electron chi connectivity index (χ4n) is 1.29. The Morgan fingerprint density at radius 3 is 2.72 bits per heavy atom. The summed E-state index contributed by atoms with van der Waals surface area (Å²) in [5.74, 6) is -0.354. The molecule has 0 bridgehead atoms. The van der Waals surface area contributed by atoms with Gasteiger partial charge in [-0.25, -0.2) is 14.8 Å². The van der Waals surface area contributed by atoms with E-state index in [4.69, 9.17) is 5.11 Å². The Bertz CT molecular complexity index is 563. The predicted octanol–water partition coefficient (Wildman–Crippen LogP) is 3.23. The maximum atomic E-state index is 10.9. The number of aromatic nitrogens is 2. The van der Waals surface area contributed by atoms with Gasteiger partial charge in [0.2, 0.25) is 0 Å². The number of carboxylic acids is 1. The Morgan fingerprint density at radius 2 is 2.06 bits per heavy atom. The summed E-state index contributed by atoms with van der Waals surface area (Å²) in [6.45, 7) is 0. The first-order chi connectivity index (χ1) is 8.66. The highest BCUT2D eigenvalue weighted by molar-refractivity contribution is 9.10. The zero-order valence-corrected chi connectivity index (χ0v) is 11.6. The van der Waals surface area contributed by atoms with E-state index < -0.39 is 5.97 Å². The van der Waals surface area contributed by atoms with E-state index in [1.54, 1.807) is 0 Å².